The molecule has 1 aromatic carbocycles. The summed E-state index contributed by atoms with van der Waals surface area (Å²) >= 11 is 5.88. The first kappa shape index (κ1) is 12.4. The second kappa shape index (κ2) is 6.78. The summed E-state index contributed by atoms with van der Waals surface area (Å²) in [4.78, 5) is 0. The Morgan fingerprint density at radius 2 is 2.07 bits per heavy atom. The summed E-state index contributed by atoms with van der Waals surface area (Å²) in [5.41, 5.74) is 0.896. The zero-order valence-corrected chi connectivity index (χ0v) is 10.3. The van der Waals surface area contributed by atoms with Crippen molar-refractivity contribution in [2.24, 2.45) is 4.76 Å². The van der Waals surface area contributed by atoms with E-state index in [1.54, 1.807) is 7.11 Å². The van der Waals surface area contributed by atoms with Crippen LogP contribution in [0.15, 0.2) is 35.1 Å². The van der Waals surface area contributed by atoms with Gasteiger partial charge in [0.1, 0.15) is 0 Å². The molecule has 0 fully saturated rings. The maximum Gasteiger partial charge on any atom is 0.259 e. The third kappa shape index (κ3) is 4.17. The van der Waals surface area contributed by atoms with Gasteiger partial charge in [0.05, 0.1) is 13.7 Å². The molecule has 0 bridgehead atoms. The summed E-state index contributed by atoms with van der Waals surface area (Å²) in [5, 5.41) is 0. The lowest BCUT2D eigenvalue weighted by molar-refractivity contribution is 0.381. The van der Waals surface area contributed by atoms with Crippen molar-refractivity contribution in [3.05, 3.63) is 35.9 Å². The molecule has 0 amide bonds. The van der Waals surface area contributed by atoms with Crippen LogP contribution in [0.25, 0.3) is 0 Å². The number of rotatable bonds is 4. The van der Waals surface area contributed by atoms with E-state index in [1.807, 2.05) is 37.3 Å². The van der Waals surface area contributed by atoms with E-state index in [1.165, 1.54) is 0 Å². The van der Waals surface area contributed by atoms with Crippen LogP contribution >= 0.6 is 18.9 Å². The van der Waals surface area contributed by atoms with E-state index in [2.05, 4.69) is 4.76 Å². The van der Waals surface area contributed by atoms with Crippen molar-refractivity contribution in [1.82, 2.24) is 0 Å². The van der Waals surface area contributed by atoms with Crippen LogP contribution in [0.5, 0.6) is 0 Å². The molecule has 82 valence electrons. The van der Waals surface area contributed by atoms with Gasteiger partial charge in [-0.3, -0.25) is 0 Å². The maximum absolute atomic E-state index is 5.88. The fourth-order valence-corrected chi connectivity index (χ4v) is 2.11. The van der Waals surface area contributed by atoms with Gasteiger partial charge < -0.3 is 9.26 Å². The lowest BCUT2D eigenvalue weighted by atomic mass is 10.2. The SMILES string of the molecule is CCOP(Cl)/N=C(\OC)c1ccccc1. The first-order valence-electron chi connectivity index (χ1n) is 4.54. The molecule has 0 saturated carbocycles. The van der Waals surface area contributed by atoms with E-state index in [-0.39, 0.29) is 0 Å². The molecule has 0 spiro atoms. The van der Waals surface area contributed by atoms with Crippen molar-refractivity contribution in [3.63, 3.8) is 0 Å². The fourth-order valence-electron chi connectivity index (χ4n) is 1.00. The Bertz CT molecular complexity index is 318. The Hall–Kier alpha value is -0.630. The Kier molecular flexibility index (Phi) is 5.62. The molecule has 1 unspecified atom stereocenters. The van der Waals surface area contributed by atoms with Crippen LogP contribution in [0, 0.1) is 0 Å². The molecular weight excluding hydrogens is 233 g/mol. The quantitative estimate of drug-likeness (QED) is 0.461. The second-order valence-electron chi connectivity index (χ2n) is 2.62. The molecule has 1 atom stereocenters. The summed E-state index contributed by atoms with van der Waals surface area (Å²) < 4.78 is 14.5. The van der Waals surface area contributed by atoms with Crippen LogP contribution in [-0.4, -0.2) is 19.6 Å². The average Bonchev–Trinajstić information content (AvgIpc) is 2.27. The topological polar surface area (TPSA) is 30.8 Å². The predicted molar refractivity (Wildman–Crippen MR) is 64.4 cm³/mol. The Morgan fingerprint density at radius 1 is 1.40 bits per heavy atom. The van der Waals surface area contributed by atoms with Gasteiger partial charge in [-0.25, -0.2) is 0 Å². The standard InChI is InChI=1S/C10H13ClNO2P/c1-3-14-15(11)12-10(13-2)9-7-5-4-6-8-9/h4-8H,3H2,1-2H3/b12-10-. The van der Waals surface area contributed by atoms with Gasteiger partial charge in [-0.2, -0.15) is 4.76 Å². The number of nitrogens with zero attached hydrogens (tertiary/aromatic N) is 1. The highest BCUT2D eigenvalue weighted by Crippen LogP contribution is 2.44. The molecule has 0 N–H and O–H groups in total. The minimum Gasteiger partial charge on any atom is -0.481 e. The largest absolute Gasteiger partial charge is 0.481 e. The van der Waals surface area contributed by atoms with Crippen LogP contribution in [0.2, 0.25) is 0 Å². The molecule has 5 heteroatoms. The lowest BCUT2D eigenvalue weighted by Crippen LogP contribution is -2.02. The number of ether oxygens (including phenoxy) is 1. The van der Waals surface area contributed by atoms with Gasteiger partial charge in [-0.15, -0.1) is 0 Å². The van der Waals surface area contributed by atoms with E-state index in [9.17, 15) is 0 Å². The predicted octanol–water partition coefficient (Wildman–Crippen LogP) is 3.58. The zero-order chi connectivity index (χ0) is 11.1. The van der Waals surface area contributed by atoms with Gasteiger partial charge in [-0.1, -0.05) is 18.2 Å². The monoisotopic (exact) mass is 245 g/mol. The summed E-state index contributed by atoms with van der Waals surface area (Å²) in [6, 6.07) is 9.59. The Morgan fingerprint density at radius 3 is 2.60 bits per heavy atom. The molecule has 15 heavy (non-hydrogen) atoms. The van der Waals surface area contributed by atoms with E-state index in [4.69, 9.17) is 20.5 Å². The fraction of sp³-hybridized carbons (Fsp3) is 0.300. The molecule has 0 heterocycles. The van der Waals surface area contributed by atoms with Crippen LogP contribution in [-0.2, 0) is 9.26 Å². The Labute approximate surface area is 95.8 Å². The lowest BCUT2D eigenvalue weighted by Gasteiger charge is -2.07. The van der Waals surface area contributed by atoms with E-state index < -0.39 is 7.65 Å². The van der Waals surface area contributed by atoms with Gasteiger partial charge in [0.25, 0.3) is 7.65 Å². The molecule has 0 aliphatic heterocycles. The molecule has 0 radical (unpaired) electrons. The summed E-state index contributed by atoms with van der Waals surface area (Å²) in [7, 11) is 0.253. The summed E-state index contributed by atoms with van der Waals surface area (Å²) in [6.45, 7) is 2.42. The van der Waals surface area contributed by atoms with Gasteiger partial charge in [0, 0.05) is 5.56 Å². The summed E-state index contributed by atoms with van der Waals surface area (Å²) in [5.74, 6) is 0.505. The molecular formula is C10H13ClNO2P. The highest BCUT2D eigenvalue weighted by molar-refractivity contribution is 7.79. The van der Waals surface area contributed by atoms with E-state index in [0.717, 1.165) is 5.56 Å². The second-order valence-corrected chi connectivity index (χ2v) is 4.40. The highest BCUT2D eigenvalue weighted by Gasteiger charge is 2.07. The molecule has 0 saturated heterocycles. The number of benzene rings is 1. The molecule has 0 aromatic heterocycles. The van der Waals surface area contributed by atoms with Crippen molar-refractivity contribution in [2.75, 3.05) is 13.7 Å². The molecule has 1 rings (SSSR count). The number of hydrogen-bond donors (Lipinski definition) is 0. The third-order valence-corrected chi connectivity index (χ3v) is 2.95. The third-order valence-electron chi connectivity index (χ3n) is 1.62. The average molecular weight is 246 g/mol. The van der Waals surface area contributed by atoms with Crippen LogP contribution in [0.1, 0.15) is 12.5 Å². The smallest absolute Gasteiger partial charge is 0.259 e. The number of methoxy groups -OCH3 is 1. The van der Waals surface area contributed by atoms with Crippen LogP contribution in [0.3, 0.4) is 0 Å². The number of hydrogen-bond acceptors (Lipinski definition) is 3. The molecule has 0 aliphatic carbocycles. The summed E-state index contributed by atoms with van der Waals surface area (Å²) in [6.07, 6.45) is 0. The van der Waals surface area contributed by atoms with Crippen molar-refractivity contribution in [3.8, 4) is 0 Å². The van der Waals surface area contributed by atoms with Gasteiger partial charge in [-0.05, 0) is 30.3 Å². The van der Waals surface area contributed by atoms with E-state index in [0.29, 0.717) is 12.5 Å². The van der Waals surface area contributed by atoms with E-state index >= 15 is 0 Å². The maximum atomic E-state index is 5.88. The Balaban J connectivity index is 2.79. The van der Waals surface area contributed by atoms with Crippen molar-refractivity contribution in [2.45, 2.75) is 6.92 Å². The first-order valence-corrected chi connectivity index (χ1v) is 6.66. The zero-order valence-electron chi connectivity index (χ0n) is 8.68. The normalized spacial score (nSPS) is 13.7. The van der Waals surface area contributed by atoms with Crippen molar-refractivity contribution < 1.29 is 9.26 Å². The van der Waals surface area contributed by atoms with Gasteiger partial charge >= 0.3 is 0 Å². The van der Waals surface area contributed by atoms with Crippen molar-refractivity contribution in [1.29, 1.82) is 0 Å². The van der Waals surface area contributed by atoms with Crippen molar-refractivity contribution >= 4 is 24.8 Å². The van der Waals surface area contributed by atoms with Gasteiger partial charge in [0.15, 0.2) is 0 Å². The van der Waals surface area contributed by atoms with Gasteiger partial charge in [0.2, 0.25) is 5.90 Å². The van der Waals surface area contributed by atoms with Crippen LogP contribution < -0.4 is 0 Å². The minimum atomic E-state index is -1.31. The number of halogens is 1. The molecule has 3 nitrogen and oxygen atoms in total. The molecule has 0 aliphatic rings. The minimum absolute atomic E-state index is 0.505. The first-order chi connectivity index (χ1) is 7.27. The molecule has 1 aromatic rings. The van der Waals surface area contributed by atoms with Crippen LogP contribution in [0.4, 0.5) is 0 Å². The highest BCUT2D eigenvalue weighted by atomic mass is 35.7.